The maximum Gasteiger partial charge on any atom is 0.268 e. The number of halogens is 1. The van der Waals surface area contributed by atoms with Crippen LogP contribution in [0.5, 0.6) is 0 Å². The third-order valence-corrected chi connectivity index (χ3v) is 4.47. The van der Waals surface area contributed by atoms with Crippen LogP contribution in [0.25, 0.3) is 11.1 Å². The Bertz CT molecular complexity index is 1090. The summed E-state index contributed by atoms with van der Waals surface area (Å²) in [5, 5.41) is 15.7. The van der Waals surface area contributed by atoms with E-state index in [1.54, 1.807) is 38.2 Å². The molecule has 0 unspecified atom stereocenters. The Kier molecular flexibility index (Phi) is 5.92. The van der Waals surface area contributed by atoms with Crippen LogP contribution in [0.1, 0.15) is 37.3 Å². The van der Waals surface area contributed by atoms with Crippen LogP contribution in [0.3, 0.4) is 0 Å². The second-order valence-corrected chi connectivity index (χ2v) is 7.08. The first-order chi connectivity index (χ1) is 14.2. The lowest BCUT2D eigenvalue weighted by Crippen LogP contribution is -2.31. The van der Waals surface area contributed by atoms with Crippen molar-refractivity contribution in [3.63, 3.8) is 0 Å². The molecule has 1 atom stereocenters. The summed E-state index contributed by atoms with van der Waals surface area (Å²) in [6.45, 7) is 3.06. The summed E-state index contributed by atoms with van der Waals surface area (Å²) in [5.41, 5.74) is 1.89. The van der Waals surface area contributed by atoms with E-state index in [1.807, 2.05) is 0 Å². The number of anilines is 1. The minimum atomic E-state index is -0.914. The molecule has 3 heterocycles. The molecule has 152 valence electrons. The number of nitrogens with zero attached hydrogens (tertiary/aromatic N) is 1. The number of pyridine rings is 2. The minimum absolute atomic E-state index is 0.271. The third kappa shape index (κ3) is 5.04. The van der Waals surface area contributed by atoms with E-state index in [2.05, 4.69) is 25.6 Å². The molecule has 8 nitrogen and oxygen atoms in total. The highest BCUT2D eigenvalue weighted by atomic mass is 35.5. The lowest BCUT2D eigenvalue weighted by molar-refractivity contribution is 0.0911. The van der Waals surface area contributed by atoms with E-state index in [0.717, 1.165) is 0 Å². The molecule has 5 N–H and O–H groups in total. The van der Waals surface area contributed by atoms with Crippen molar-refractivity contribution >= 4 is 23.3 Å². The number of aromatic amines is 2. The summed E-state index contributed by atoms with van der Waals surface area (Å²) in [7, 11) is 0. The summed E-state index contributed by atoms with van der Waals surface area (Å²) >= 11 is 6.28. The van der Waals surface area contributed by atoms with Gasteiger partial charge in [0.1, 0.15) is 11.5 Å². The van der Waals surface area contributed by atoms with Crippen LogP contribution < -0.4 is 16.2 Å². The van der Waals surface area contributed by atoms with Crippen molar-refractivity contribution in [2.24, 2.45) is 0 Å². The molecule has 1 amide bonds. The van der Waals surface area contributed by atoms with Gasteiger partial charge >= 0.3 is 0 Å². The lowest BCUT2D eigenvalue weighted by Gasteiger charge is -2.15. The molecule has 0 bridgehead atoms. The van der Waals surface area contributed by atoms with Crippen LogP contribution in [0.15, 0.2) is 47.7 Å². The summed E-state index contributed by atoms with van der Waals surface area (Å²) in [4.78, 5) is 33.4. The van der Waals surface area contributed by atoms with Gasteiger partial charge in [0.2, 0.25) is 5.56 Å². The molecule has 0 saturated carbocycles. The van der Waals surface area contributed by atoms with Gasteiger partial charge in [-0.15, -0.1) is 0 Å². The predicted octanol–water partition coefficient (Wildman–Crippen LogP) is 2.70. The molecule has 0 aliphatic heterocycles. The Morgan fingerprint density at radius 3 is 2.76 bits per heavy atom. The fraction of sp³-hybridized carbons (Fsp3) is 0.250. The number of carbonyl (C=O) groups is 1. The molecule has 0 aromatic carbocycles. The fourth-order valence-corrected chi connectivity index (χ4v) is 2.99. The summed E-state index contributed by atoms with van der Waals surface area (Å²) < 4.78 is 7.94. The zero-order valence-corrected chi connectivity index (χ0v) is 16.7. The van der Waals surface area contributed by atoms with Gasteiger partial charge < -0.3 is 25.7 Å². The molecule has 0 spiro atoms. The Balaban J connectivity index is 1.80. The molecule has 0 aliphatic carbocycles. The number of aliphatic hydroxyl groups excluding tert-OH is 1. The van der Waals surface area contributed by atoms with Gasteiger partial charge in [-0.25, -0.2) is 4.98 Å². The topological polar surface area (TPSA) is 123 Å². The summed E-state index contributed by atoms with van der Waals surface area (Å²) in [5.74, 6) is 0.0577. The molecule has 0 radical (unpaired) electrons. The Labute approximate surface area is 173 Å². The van der Waals surface area contributed by atoms with Crippen molar-refractivity contribution in [3.8, 4) is 11.1 Å². The number of amides is 1. The van der Waals surface area contributed by atoms with Crippen LogP contribution in [0.4, 0.5) is 5.82 Å². The first kappa shape index (κ1) is 19.2. The highest BCUT2D eigenvalue weighted by molar-refractivity contribution is 6.33. The van der Waals surface area contributed by atoms with Gasteiger partial charge in [0.25, 0.3) is 5.91 Å². The van der Waals surface area contributed by atoms with Crippen LogP contribution >= 0.6 is 11.6 Å². The van der Waals surface area contributed by atoms with Gasteiger partial charge in [0.15, 0.2) is 0 Å². The van der Waals surface area contributed by atoms with E-state index < -0.39 is 18.0 Å². The second-order valence-electron chi connectivity index (χ2n) is 6.67. The first-order valence-corrected chi connectivity index (χ1v) is 9.27. The van der Waals surface area contributed by atoms with Crippen LogP contribution in [0, 0.1) is 0 Å². The third-order valence-electron chi connectivity index (χ3n) is 4.17. The molecule has 0 fully saturated rings. The number of nitrogens with one attached hydrogen (secondary N) is 4. The minimum Gasteiger partial charge on any atom is -0.394 e. The number of H-pyrrole nitrogens is 2. The summed E-state index contributed by atoms with van der Waals surface area (Å²) in [6.07, 6.45) is 4.57. The van der Waals surface area contributed by atoms with Crippen LogP contribution in [-0.4, -0.2) is 38.6 Å². The van der Waals surface area contributed by atoms with E-state index in [4.69, 9.17) is 13.0 Å². The highest BCUT2D eigenvalue weighted by Gasteiger charge is 2.17. The maximum absolute atomic E-state index is 12.6. The molecule has 3 rings (SSSR count). The van der Waals surface area contributed by atoms with Gasteiger partial charge in [-0.3, -0.25) is 9.59 Å². The van der Waals surface area contributed by atoms with E-state index >= 15 is 0 Å². The lowest BCUT2D eigenvalue weighted by atomic mass is 10.1. The van der Waals surface area contributed by atoms with Crippen LogP contribution in [0.2, 0.25) is 5.02 Å². The number of aliphatic hydroxyl groups is 1. The molecular weight excluding hydrogens is 394 g/mol. The largest absolute Gasteiger partial charge is 0.394 e. The van der Waals surface area contributed by atoms with Crippen molar-refractivity contribution in [3.05, 3.63) is 69.5 Å². The zero-order valence-electron chi connectivity index (χ0n) is 16.9. The van der Waals surface area contributed by atoms with Crippen molar-refractivity contribution < 1.29 is 11.3 Å². The molecular formula is C20H22ClN5O3. The number of aromatic nitrogens is 3. The highest BCUT2D eigenvalue weighted by Crippen LogP contribution is 2.30. The van der Waals surface area contributed by atoms with Gasteiger partial charge in [-0.2, -0.15) is 0 Å². The molecule has 9 heteroatoms. The van der Waals surface area contributed by atoms with E-state index in [1.165, 1.54) is 18.5 Å². The van der Waals surface area contributed by atoms with Gasteiger partial charge in [-0.05, 0) is 37.6 Å². The number of hydrogen-bond donors (Lipinski definition) is 5. The van der Waals surface area contributed by atoms with Gasteiger partial charge in [0.05, 0.1) is 19.0 Å². The molecule has 3 aromatic rings. The fourth-order valence-electron chi connectivity index (χ4n) is 2.78. The average Bonchev–Trinajstić information content (AvgIpc) is 3.17. The Morgan fingerprint density at radius 2 is 2.10 bits per heavy atom. The van der Waals surface area contributed by atoms with E-state index in [-0.39, 0.29) is 17.9 Å². The Morgan fingerprint density at radius 1 is 1.31 bits per heavy atom. The van der Waals surface area contributed by atoms with Crippen molar-refractivity contribution in [1.29, 1.82) is 0 Å². The monoisotopic (exact) mass is 416 g/mol. The zero-order chi connectivity index (χ0) is 21.9. The average molecular weight is 417 g/mol. The van der Waals surface area contributed by atoms with E-state index in [9.17, 15) is 14.7 Å². The van der Waals surface area contributed by atoms with E-state index in [0.29, 0.717) is 27.5 Å². The molecule has 0 aliphatic rings. The number of rotatable bonds is 7. The standard InChI is InChI=1S/C20H22ClN5O3/c1-11(2)25-18-6-14(15(21)9-23-18)13-5-16(22-8-13)20(29)26-17(10-27)12-3-4-19(28)24-7-12/h3-9,11,17,22,27H,10H2,1-2H3,(H,23,25)(H,24,28)(H,26,29)/t17-/m1/s1/i11D. The van der Waals surface area contributed by atoms with Crippen molar-refractivity contribution in [1.82, 2.24) is 20.3 Å². The second kappa shape index (κ2) is 8.93. The number of hydrogen-bond acceptors (Lipinski definition) is 5. The van der Waals surface area contributed by atoms with Crippen LogP contribution in [-0.2, 0) is 0 Å². The normalized spacial score (nSPS) is 12.9. The maximum atomic E-state index is 12.6. The molecule has 29 heavy (non-hydrogen) atoms. The Hall–Kier alpha value is -3.10. The van der Waals surface area contributed by atoms with Crippen molar-refractivity contribution in [2.75, 3.05) is 11.9 Å². The predicted molar refractivity (Wildman–Crippen MR) is 112 cm³/mol. The first-order valence-electron chi connectivity index (χ1n) is 9.39. The molecule has 0 saturated heterocycles. The molecule has 3 aromatic heterocycles. The van der Waals surface area contributed by atoms with Gasteiger partial charge in [0, 0.05) is 41.8 Å². The van der Waals surface area contributed by atoms with Crippen molar-refractivity contribution in [2.45, 2.75) is 25.9 Å². The number of carbonyl (C=O) groups excluding carboxylic acids is 1. The van der Waals surface area contributed by atoms with Gasteiger partial charge in [-0.1, -0.05) is 11.6 Å². The summed E-state index contributed by atoms with van der Waals surface area (Å²) in [6, 6.07) is 4.61. The quantitative estimate of drug-likeness (QED) is 0.405. The SMILES string of the molecule is [2H]C(C)(C)Nc1cc(-c2c[nH]c(C(=O)N[C@H](CO)c3ccc(=O)[nH]c3)c2)c(Cl)cn1. The smallest absolute Gasteiger partial charge is 0.268 e.